The van der Waals surface area contributed by atoms with Crippen molar-refractivity contribution in [3.63, 3.8) is 0 Å². The lowest BCUT2D eigenvalue weighted by molar-refractivity contribution is 0.0653. The zero-order chi connectivity index (χ0) is 14.5. The van der Waals surface area contributed by atoms with Crippen molar-refractivity contribution in [1.29, 1.82) is 0 Å². The monoisotopic (exact) mass is 298 g/mol. The molecule has 1 aromatic heterocycles. The minimum absolute atomic E-state index is 0.0781. The highest BCUT2D eigenvalue weighted by Crippen LogP contribution is 2.23. The number of hydrazine groups is 1. The van der Waals surface area contributed by atoms with Crippen LogP contribution in [0.4, 0.5) is 5.82 Å². The number of nitrogens with zero attached hydrogens (tertiary/aromatic N) is 2. The van der Waals surface area contributed by atoms with Gasteiger partial charge in [-0.25, -0.2) is 10.8 Å². The van der Waals surface area contributed by atoms with Crippen LogP contribution in [-0.2, 0) is 0 Å². The number of hydrogen-bond donors (Lipinski definition) is 3. The summed E-state index contributed by atoms with van der Waals surface area (Å²) in [6.07, 6.45) is 4.22. The SMILES string of the molecule is NNc1ncc(C(=O)N2CCCC(CCO)C2)cc1Cl. The van der Waals surface area contributed by atoms with Gasteiger partial charge in [0.05, 0.1) is 10.6 Å². The Morgan fingerprint density at radius 1 is 1.65 bits per heavy atom. The third kappa shape index (κ3) is 3.39. The zero-order valence-corrected chi connectivity index (χ0v) is 11.9. The molecule has 0 aromatic carbocycles. The van der Waals surface area contributed by atoms with E-state index in [2.05, 4.69) is 10.4 Å². The van der Waals surface area contributed by atoms with E-state index < -0.39 is 0 Å². The molecule has 110 valence electrons. The lowest BCUT2D eigenvalue weighted by Gasteiger charge is -2.32. The maximum absolute atomic E-state index is 12.4. The molecule has 1 atom stereocenters. The molecule has 1 aromatic rings. The van der Waals surface area contributed by atoms with Gasteiger partial charge < -0.3 is 15.4 Å². The second kappa shape index (κ2) is 6.88. The standard InChI is InChI=1S/C13H19ClN4O2/c14-11-6-10(7-16-12(11)17-15)13(20)18-4-1-2-9(8-18)3-5-19/h6-7,9,19H,1-5,8,15H2,(H,16,17). The number of hydrogen-bond acceptors (Lipinski definition) is 5. The van der Waals surface area contributed by atoms with Gasteiger partial charge in [0.1, 0.15) is 0 Å². The Bertz CT molecular complexity index is 481. The van der Waals surface area contributed by atoms with E-state index in [0.29, 0.717) is 28.9 Å². The van der Waals surface area contributed by atoms with Crippen LogP contribution in [0.3, 0.4) is 0 Å². The molecule has 6 nitrogen and oxygen atoms in total. The first kappa shape index (κ1) is 15.0. The molecule has 0 aliphatic carbocycles. The van der Waals surface area contributed by atoms with Crippen LogP contribution in [0.5, 0.6) is 0 Å². The lowest BCUT2D eigenvalue weighted by Crippen LogP contribution is -2.40. The molecule has 1 aliphatic rings. The van der Waals surface area contributed by atoms with Crippen LogP contribution < -0.4 is 11.3 Å². The zero-order valence-electron chi connectivity index (χ0n) is 11.2. The molecule has 0 radical (unpaired) electrons. The van der Waals surface area contributed by atoms with Crippen molar-refractivity contribution in [3.8, 4) is 0 Å². The summed E-state index contributed by atoms with van der Waals surface area (Å²) in [5, 5.41) is 9.33. The van der Waals surface area contributed by atoms with Gasteiger partial charge in [0.25, 0.3) is 5.91 Å². The van der Waals surface area contributed by atoms with Crippen LogP contribution in [0, 0.1) is 5.92 Å². The summed E-state index contributed by atoms with van der Waals surface area (Å²) in [6.45, 7) is 1.57. The first-order chi connectivity index (χ1) is 9.65. The van der Waals surface area contributed by atoms with Crippen molar-refractivity contribution in [2.75, 3.05) is 25.1 Å². The normalized spacial score (nSPS) is 18.9. The van der Waals surface area contributed by atoms with E-state index in [1.807, 2.05) is 0 Å². The maximum Gasteiger partial charge on any atom is 0.255 e. The minimum atomic E-state index is -0.0781. The molecule has 2 rings (SSSR count). The van der Waals surface area contributed by atoms with Gasteiger partial charge in [-0.15, -0.1) is 0 Å². The molecule has 4 N–H and O–H groups in total. The minimum Gasteiger partial charge on any atom is -0.396 e. The number of aliphatic hydroxyl groups excluding tert-OH is 1. The molecule has 1 amide bonds. The van der Waals surface area contributed by atoms with E-state index in [1.54, 1.807) is 11.0 Å². The Balaban J connectivity index is 2.08. The third-order valence-electron chi connectivity index (χ3n) is 3.57. The number of carbonyl (C=O) groups is 1. The molecule has 1 fully saturated rings. The van der Waals surface area contributed by atoms with Gasteiger partial charge >= 0.3 is 0 Å². The van der Waals surface area contributed by atoms with Crippen molar-refractivity contribution < 1.29 is 9.90 Å². The molecule has 0 bridgehead atoms. The number of nitrogens with two attached hydrogens (primary N) is 1. The molecule has 0 spiro atoms. The number of amides is 1. The highest BCUT2D eigenvalue weighted by molar-refractivity contribution is 6.33. The van der Waals surface area contributed by atoms with E-state index >= 15 is 0 Å². The van der Waals surface area contributed by atoms with E-state index in [1.165, 1.54) is 6.20 Å². The van der Waals surface area contributed by atoms with Crippen molar-refractivity contribution in [1.82, 2.24) is 9.88 Å². The number of rotatable bonds is 4. The van der Waals surface area contributed by atoms with Gasteiger partial charge in [0.15, 0.2) is 5.82 Å². The van der Waals surface area contributed by atoms with Crippen LogP contribution in [0.2, 0.25) is 5.02 Å². The third-order valence-corrected chi connectivity index (χ3v) is 3.86. The average Bonchev–Trinajstić information content (AvgIpc) is 2.47. The van der Waals surface area contributed by atoms with Gasteiger partial charge in [-0.2, -0.15) is 0 Å². The number of pyridine rings is 1. The predicted molar refractivity (Wildman–Crippen MR) is 77.4 cm³/mol. The number of aromatic nitrogens is 1. The van der Waals surface area contributed by atoms with Crippen molar-refractivity contribution in [2.24, 2.45) is 11.8 Å². The van der Waals surface area contributed by atoms with E-state index in [-0.39, 0.29) is 12.5 Å². The fourth-order valence-corrected chi connectivity index (χ4v) is 2.73. The average molecular weight is 299 g/mol. The summed E-state index contributed by atoms with van der Waals surface area (Å²) in [5.41, 5.74) is 2.83. The molecular formula is C13H19ClN4O2. The number of halogens is 1. The lowest BCUT2D eigenvalue weighted by atomic mass is 9.95. The van der Waals surface area contributed by atoms with Gasteiger partial charge in [-0.05, 0) is 31.2 Å². The second-order valence-corrected chi connectivity index (χ2v) is 5.38. The molecule has 1 aliphatic heterocycles. The first-order valence-electron chi connectivity index (χ1n) is 6.68. The Morgan fingerprint density at radius 2 is 2.45 bits per heavy atom. The summed E-state index contributed by atoms with van der Waals surface area (Å²) in [7, 11) is 0. The van der Waals surface area contributed by atoms with Gasteiger partial charge in [-0.1, -0.05) is 11.6 Å². The van der Waals surface area contributed by atoms with Crippen LogP contribution in [0.25, 0.3) is 0 Å². The first-order valence-corrected chi connectivity index (χ1v) is 7.05. The number of aliphatic hydroxyl groups is 1. The molecule has 2 heterocycles. The van der Waals surface area contributed by atoms with Crippen molar-refractivity contribution in [2.45, 2.75) is 19.3 Å². The fraction of sp³-hybridized carbons (Fsp3) is 0.538. The van der Waals surface area contributed by atoms with E-state index in [9.17, 15) is 4.79 Å². The van der Waals surface area contributed by atoms with E-state index in [0.717, 1.165) is 25.8 Å². The Hall–Kier alpha value is -1.37. The summed E-state index contributed by atoms with van der Waals surface area (Å²) >= 11 is 5.98. The highest BCUT2D eigenvalue weighted by Gasteiger charge is 2.24. The van der Waals surface area contributed by atoms with Crippen LogP contribution >= 0.6 is 11.6 Å². The number of likely N-dealkylation sites (tertiary alicyclic amines) is 1. The fourth-order valence-electron chi connectivity index (χ4n) is 2.51. The van der Waals surface area contributed by atoms with Gasteiger partial charge in [-0.3, -0.25) is 4.79 Å². The summed E-state index contributed by atoms with van der Waals surface area (Å²) in [4.78, 5) is 18.2. The van der Waals surface area contributed by atoms with Crippen LogP contribution in [-0.4, -0.2) is 40.6 Å². The molecule has 0 saturated carbocycles. The van der Waals surface area contributed by atoms with Crippen LogP contribution in [0.1, 0.15) is 29.6 Å². The molecule has 20 heavy (non-hydrogen) atoms. The summed E-state index contributed by atoms with van der Waals surface area (Å²) in [5.74, 6) is 5.89. The number of anilines is 1. The maximum atomic E-state index is 12.4. The van der Waals surface area contributed by atoms with Crippen LogP contribution in [0.15, 0.2) is 12.3 Å². The highest BCUT2D eigenvalue weighted by atomic mass is 35.5. The Morgan fingerprint density at radius 3 is 3.10 bits per heavy atom. The Labute approximate surface area is 122 Å². The molecule has 1 saturated heterocycles. The largest absolute Gasteiger partial charge is 0.396 e. The predicted octanol–water partition coefficient (Wildman–Crippen LogP) is 1.26. The van der Waals surface area contributed by atoms with Gasteiger partial charge in [0.2, 0.25) is 0 Å². The quantitative estimate of drug-likeness (QED) is 0.575. The van der Waals surface area contributed by atoms with Gasteiger partial charge in [0, 0.05) is 25.9 Å². The number of piperidine rings is 1. The van der Waals surface area contributed by atoms with E-state index in [4.69, 9.17) is 22.6 Å². The Kier molecular flexibility index (Phi) is 5.17. The molecule has 7 heteroatoms. The molecule has 1 unspecified atom stereocenters. The number of nitrogens with one attached hydrogen (secondary N) is 1. The topological polar surface area (TPSA) is 91.5 Å². The summed E-state index contributed by atoms with van der Waals surface area (Å²) in [6, 6.07) is 1.57. The van der Waals surface area contributed by atoms with Crippen molar-refractivity contribution >= 4 is 23.3 Å². The number of nitrogen functional groups attached to an aromatic ring is 1. The van der Waals surface area contributed by atoms with Crippen molar-refractivity contribution in [3.05, 3.63) is 22.8 Å². The molecular weight excluding hydrogens is 280 g/mol. The smallest absolute Gasteiger partial charge is 0.255 e. The second-order valence-electron chi connectivity index (χ2n) is 4.97. The summed E-state index contributed by atoms with van der Waals surface area (Å²) < 4.78 is 0. The number of carbonyl (C=O) groups excluding carboxylic acids is 1.